The van der Waals surface area contributed by atoms with Gasteiger partial charge in [0.25, 0.3) is 0 Å². The lowest BCUT2D eigenvalue weighted by Crippen LogP contribution is -2.42. The van der Waals surface area contributed by atoms with Gasteiger partial charge in [-0.2, -0.15) is 0 Å². The molecule has 0 spiro atoms. The largest absolute Gasteiger partial charge is 0.469 e. The molecule has 1 aliphatic rings. The Bertz CT molecular complexity index is 425. The van der Waals surface area contributed by atoms with Crippen LogP contribution in [0, 0.1) is 5.82 Å². The first-order valence-electron chi connectivity index (χ1n) is 6.16. The monoisotopic (exact) mass is 252 g/mol. The van der Waals surface area contributed by atoms with Gasteiger partial charge in [-0.15, -0.1) is 0 Å². The third-order valence-electron chi connectivity index (χ3n) is 3.27. The first-order valence-corrected chi connectivity index (χ1v) is 6.16. The van der Waals surface area contributed by atoms with Gasteiger partial charge in [-0.05, 0) is 31.4 Å². The van der Waals surface area contributed by atoms with Gasteiger partial charge < -0.3 is 9.64 Å². The molecule has 2 rings (SSSR count). The zero-order chi connectivity index (χ0) is 13.0. The van der Waals surface area contributed by atoms with Crippen molar-refractivity contribution < 1.29 is 13.9 Å². The third-order valence-corrected chi connectivity index (χ3v) is 3.27. The molecule has 1 atom stereocenters. The molecular weight excluding hydrogens is 235 g/mol. The highest BCUT2D eigenvalue weighted by molar-refractivity contribution is 5.70. The second-order valence-corrected chi connectivity index (χ2v) is 4.43. The van der Waals surface area contributed by atoms with Crippen LogP contribution in [0.3, 0.4) is 0 Å². The molecule has 4 nitrogen and oxygen atoms in total. The predicted octanol–water partition coefficient (Wildman–Crippen LogP) is 2.14. The summed E-state index contributed by atoms with van der Waals surface area (Å²) in [7, 11) is 1.37. The van der Waals surface area contributed by atoms with E-state index in [9.17, 15) is 9.18 Å². The average molecular weight is 252 g/mol. The summed E-state index contributed by atoms with van der Waals surface area (Å²) in [6.07, 6.45) is 4.76. The summed E-state index contributed by atoms with van der Waals surface area (Å²) in [4.78, 5) is 17.3. The highest BCUT2D eigenvalue weighted by Gasteiger charge is 2.27. The quantitative estimate of drug-likeness (QED) is 0.773. The zero-order valence-corrected chi connectivity index (χ0v) is 10.4. The zero-order valence-electron chi connectivity index (χ0n) is 10.4. The molecule has 0 radical (unpaired) electrons. The highest BCUT2D eigenvalue weighted by atomic mass is 19.1. The maximum Gasteiger partial charge on any atom is 0.307 e. The van der Waals surface area contributed by atoms with Crippen molar-refractivity contribution in [1.82, 2.24) is 4.98 Å². The van der Waals surface area contributed by atoms with E-state index in [4.69, 9.17) is 0 Å². The molecule has 0 amide bonds. The molecule has 1 saturated heterocycles. The van der Waals surface area contributed by atoms with Crippen molar-refractivity contribution in [1.29, 1.82) is 0 Å². The molecule has 0 aliphatic carbocycles. The number of anilines is 1. The van der Waals surface area contributed by atoms with Crippen molar-refractivity contribution in [2.45, 2.75) is 31.7 Å². The minimum absolute atomic E-state index is 0.0180. The molecule has 1 aliphatic heterocycles. The number of hydrogen-bond acceptors (Lipinski definition) is 4. The Labute approximate surface area is 106 Å². The summed E-state index contributed by atoms with van der Waals surface area (Å²) in [5.74, 6) is -0.261. The van der Waals surface area contributed by atoms with Gasteiger partial charge in [0.05, 0.1) is 13.5 Å². The standard InChI is InChI=1S/C13H17FN2O2/c1-18-12(17)9-10-5-2-3-8-16(10)13-11(14)6-4-7-15-13/h4,6-7,10H,2-3,5,8-9H2,1H3. The van der Waals surface area contributed by atoms with Crippen molar-refractivity contribution in [3.8, 4) is 0 Å². The fourth-order valence-electron chi connectivity index (χ4n) is 2.36. The van der Waals surface area contributed by atoms with Gasteiger partial charge >= 0.3 is 5.97 Å². The first-order chi connectivity index (χ1) is 8.72. The number of esters is 1. The topological polar surface area (TPSA) is 42.4 Å². The summed E-state index contributed by atoms with van der Waals surface area (Å²) in [6, 6.07) is 2.94. The van der Waals surface area contributed by atoms with Gasteiger partial charge in [-0.3, -0.25) is 4.79 Å². The Morgan fingerprint density at radius 2 is 2.44 bits per heavy atom. The summed E-state index contributed by atoms with van der Waals surface area (Å²) < 4.78 is 18.4. The Morgan fingerprint density at radius 1 is 1.61 bits per heavy atom. The van der Waals surface area contributed by atoms with Crippen molar-refractivity contribution in [2.75, 3.05) is 18.6 Å². The number of methoxy groups -OCH3 is 1. The van der Waals surface area contributed by atoms with Crippen LogP contribution in [0.15, 0.2) is 18.3 Å². The van der Waals surface area contributed by atoms with Gasteiger partial charge in [0.15, 0.2) is 11.6 Å². The van der Waals surface area contributed by atoms with E-state index in [1.165, 1.54) is 13.2 Å². The van der Waals surface area contributed by atoms with Gasteiger partial charge in [-0.1, -0.05) is 0 Å². The fraction of sp³-hybridized carbons (Fsp3) is 0.538. The van der Waals surface area contributed by atoms with Crippen LogP contribution in [0.4, 0.5) is 10.2 Å². The van der Waals surface area contributed by atoms with Crippen molar-refractivity contribution in [3.05, 3.63) is 24.1 Å². The summed E-state index contributed by atoms with van der Waals surface area (Å²) >= 11 is 0. The van der Waals surface area contributed by atoms with E-state index in [0.717, 1.165) is 25.8 Å². The van der Waals surface area contributed by atoms with E-state index in [0.29, 0.717) is 5.82 Å². The molecule has 0 aromatic carbocycles. The predicted molar refractivity (Wildman–Crippen MR) is 65.8 cm³/mol. The summed E-state index contributed by atoms with van der Waals surface area (Å²) in [6.45, 7) is 0.732. The molecule has 1 aromatic rings. The maximum absolute atomic E-state index is 13.7. The minimum atomic E-state index is -0.339. The van der Waals surface area contributed by atoms with Gasteiger partial charge in [-0.25, -0.2) is 9.37 Å². The number of aromatic nitrogens is 1. The lowest BCUT2D eigenvalue weighted by Gasteiger charge is -2.36. The van der Waals surface area contributed by atoms with Crippen molar-refractivity contribution in [2.24, 2.45) is 0 Å². The maximum atomic E-state index is 13.7. The highest BCUT2D eigenvalue weighted by Crippen LogP contribution is 2.26. The van der Waals surface area contributed by atoms with E-state index in [1.54, 1.807) is 12.3 Å². The average Bonchev–Trinajstić information content (AvgIpc) is 2.40. The number of rotatable bonds is 3. The van der Waals surface area contributed by atoms with E-state index in [2.05, 4.69) is 9.72 Å². The third kappa shape index (κ3) is 2.78. The van der Waals surface area contributed by atoms with Crippen LogP contribution in [0.2, 0.25) is 0 Å². The smallest absolute Gasteiger partial charge is 0.307 e. The Hall–Kier alpha value is -1.65. The molecule has 18 heavy (non-hydrogen) atoms. The van der Waals surface area contributed by atoms with E-state index in [1.807, 2.05) is 4.90 Å². The normalized spacial score (nSPS) is 19.7. The fourth-order valence-corrected chi connectivity index (χ4v) is 2.36. The molecular formula is C13H17FN2O2. The minimum Gasteiger partial charge on any atom is -0.469 e. The van der Waals surface area contributed by atoms with Crippen LogP contribution in [0.1, 0.15) is 25.7 Å². The van der Waals surface area contributed by atoms with Crippen LogP contribution < -0.4 is 4.90 Å². The number of carbonyl (C=O) groups excluding carboxylic acids is 1. The van der Waals surface area contributed by atoms with Gasteiger partial charge in [0.1, 0.15) is 0 Å². The van der Waals surface area contributed by atoms with Gasteiger partial charge in [0.2, 0.25) is 0 Å². The molecule has 1 fully saturated rings. The second-order valence-electron chi connectivity index (χ2n) is 4.43. The van der Waals surface area contributed by atoms with Crippen molar-refractivity contribution in [3.63, 3.8) is 0 Å². The Morgan fingerprint density at radius 3 is 3.17 bits per heavy atom. The number of pyridine rings is 1. The number of nitrogens with zero attached hydrogens (tertiary/aromatic N) is 2. The number of carbonyl (C=O) groups is 1. The van der Waals surface area contributed by atoms with Gasteiger partial charge in [0, 0.05) is 18.8 Å². The van der Waals surface area contributed by atoms with Crippen LogP contribution in [-0.2, 0) is 9.53 Å². The first kappa shape index (κ1) is 12.8. The van der Waals surface area contributed by atoms with E-state index >= 15 is 0 Å². The number of halogens is 1. The molecule has 2 heterocycles. The lowest BCUT2D eigenvalue weighted by molar-refractivity contribution is -0.141. The number of piperidine rings is 1. The van der Waals surface area contributed by atoms with Crippen molar-refractivity contribution >= 4 is 11.8 Å². The Kier molecular flexibility index (Phi) is 4.12. The molecule has 5 heteroatoms. The molecule has 1 aromatic heterocycles. The molecule has 1 unspecified atom stereocenters. The van der Waals surface area contributed by atoms with E-state index in [-0.39, 0.29) is 24.2 Å². The van der Waals surface area contributed by atoms with Crippen LogP contribution >= 0.6 is 0 Å². The molecule has 0 N–H and O–H groups in total. The molecule has 0 saturated carbocycles. The van der Waals surface area contributed by atoms with Crippen LogP contribution in [0.5, 0.6) is 0 Å². The molecule has 0 bridgehead atoms. The van der Waals surface area contributed by atoms with E-state index < -0.39 is 0 Å². The second kappa shape index (κ2) is 5.80. The molecule has 98 valence electrons. The lowest BCUT2D eigenvalue weighted by atomic mass is 9.99. The Balaban J connectivity index is 2.17. The SMILES string of the molecule is COC(=O)CC1CCCCN1c1ncccc1F. The number of hydrogen-bond donors (Lipinski definition) is 0. The summed E-state index contributed by atoms with van der Waals surface area (Å²) in [5.41, 5.74) is 0. The summed E-state index contributed by atoms with van der Waals surface area (Å²) in [5, 5.41) is 0. The number of ether oxygens (including phenoxy) is 1. The van der Waals surface area contributed by atoms with Crippen LogP contribution in [0.25, 0.3) is 0 Å². The van der Waals surface area contributed by atoms with Crippen LogP contribution in [-0.4, -0.2) is 30.6 Å².